The summed E-state index contributed by atoms with van der Waals surface area (Å²) in [6.07, 6.45) is 1.27. The molecular weight excluding hydrogens is 522 g/mol. The molecule has 2 heterocycles. The first-order valence-electron chi connectivity index (χ1n) is 10.9. The van der Waals surface area contributed by atoms with E-state index < -0.39 is 16.6 Å². The van der Waals surface area contributed by atoms with Crippen LogP contribution >= 0.6 is 11.3 Å². The first kappa shape index (κ1) is 24.9. The summed E-state index contributed by atoms with van der Waals surface area (Å²) >= 11 is 1.12. The van der Waals surface area contributed by atoms with Crippen LogP contribution in [0.4, 0.5) is 20.2 Å². The predicted molar refractivity (Wildman–Crippen MR) is 135 cm³/mol. The smallest absolute Gasteiger partial charge is 0.282 e. The molecule has 5 rings (SSSR count). The molecule has 1 aliphatic rings. The minimum Gasteiger partial charge on any atom is -0.497 e. The van der Waals surface area contributed by atoms with Gasteiger partial charge in [-0.05, 0) is 36.4 Å². The van der Waals surface area contributed by atoms with Crippen LogP contribution in [0.5, 0.6) is 23.0 Å². The normalized spacial score (nSPS) is 12.8. The van der Waals surface area contributed by atoms with Crippen LogP contribution in [0.1, 0.15) is 5.56 Å². The number of aromatic nitrogens is 1. The van der Waals surface area contributed by atoms with Gasteiger partial charge in [0.05, 0.1) is 42.7 Å². The standard InChI is InChI=1S/C25H18F2N4O6S/c1-34-16-4-6-22(35-2)17(9-16)21-12-38-25(29-19-5-3-15(26)8-18(19)27)30(21)28-11-14-7-23-24(37-13-36-23)10-20(14)31(32)33/h3-12H,13H2,1-2H3. The number of benzene rings is 3. The van der Waals surface area contributed by atoms with Gasteiger partial charge < -0.3 is 18.9 Å². The number of nitro groups is 1. The molecule has 10 nitrogen and oxygen atoms in total. The number of halogens is 2. The number of thiazole rings is 1. The molecule has 1 aromatic heterocycles. The van der Waals surface area contributed by atoms with Crippen molar-refractivity contribution in [3.63, 3.8) is 0 Å². The summed E-state index contributed by atoms with van der Waals surface area (Å²) in [5.74, 6) is 0.0103. The van der Waals surface area contributed by atoms with Crippen LogP contribution in [0.15, 0.2) is 64.0 Å². The first-order chi connectivity index (χ1) is 18.4. The highest BCUT2D eigenvalue weighted by atomic mass is 32.1. The zero-order chi connectivity index (χ0) is 26.8. The molecule has 0 unspecified atom stereocenters. The molecule has 0 saturated carbocycles. The molecule has 194 valence electrons. The number of hydrogen-bond donors (Lipinski definition) is 0. The van der Waals surface area contributed by atoms with Gasteiger partial charge in [-0.25, -0.2) is 18.4 Å². The number of nitrogens with zero attached hydrogens (tertiary/aromatic N) is 4. The summed E-state index contributed by atoms with van der Waals surface area (Å²) in [4.78, 5) is 15.7. The van der Waals surface area contributed by atoms with Gasteiger partial charge in [0, 0.05) is 17.0 Å². The molecule has 0 spiro atoms. The molecule has 0 radical (unpaired) electrons. The minimum absolute atomic E-state index is 0.0571. The third kappa shape index (κ3) is 4.78. The minimum atomic E-state index is -0.860. The maximum Gasteiger partial charge on any atom is 0.282 e. The lowest BCUT2D eigenvalue weighted by Crippen LogP contribution is -2.12. The summed E-state index contributed by atoms with van der Waals surface area (Å²) in [5.41, 5.74) is 0.821. The van der Waals surface area contributed by atoms with Gasteiger partial charge >= 0.3 is 0 Å². The Labute approximate surface area is 217 Å². The number of methoxy groups -OCH3 is 2. The number of nitro benzene ring substituents is 1. The van der Waals surface area contributed by atoms with Crippen LogP contribution in [0.25, 0.3) is 11.3 Å². The van der Waals surface area contributed by atoms with Crippen molar-refractivity contribution in [1.82, 2.24) is 4.68 Å². The molecular formula is C25H18F2N4O6S. The van der Waals surface area contributed by atoms with Crippen LogP contribution < -0.4 is 23.7 Å². The molecule has 3 aromatic carbocycles. The second-order valence-electron chi connectivity index (χ2n) is 7.76. The van der Waals surface area contributed by atoms with E-state index in [-0.39, 0.29) is 34.3 Å². The molecule has 38 heavy (non-hydrogen) atoms. The second-order valence-corrected chi connectivity index (χ2v) is 8.59. The Kier molecular flexibility index (Phi) is 6.75. The number of rotatable bonds is 7. The van der Waals surface area contributed by atoms with Crippen LogP contribution in [-0.4, -0.2) is 36.8 Å². The van der Waals surface area contributed by atoms with Crippen molar-refractivity contribution in [2.24, 2.45) is 10.1 Å². The lowest BCUT2D eigenvalue weighted by molar-refractivity contribution is -0.385. The topological polar surface area (TPSA) is 110 Å². The van der Waals surface area contributed by atoms with Gasteiger partial charge in [0.1, 0.15) is 23.0 Å². The van der Waals surface area contributed by atoms with E-state index >= 15 is 0 Å². The molecule has 0 fully saturated rings. The van der Waals surface area contributed by atoms with Crippen LogP contribution in [0.3, 0.4) is 0 Å². The quantitative estimate of drug-likeness (QED) is 0.180. The van der Waals surface area contributed by atoms with Gasteiger partial charge in [0.15, 0.2) is 17.3 Å². The van der Waals surface area contributed by atoms with Gasteiger partial charge in [-0.15, -0.1) is 11.3 Å². The van der Waals surface area contributed by atoms with E-state index in [1.165, 1.54) is 43.3 Å². The van der Waals surface area contributed by atoms with Gasteiger partial charge in [-0.2, -0.15) is 5.10 Å². The van der Waals surface area contributed by atoms with Crippen LogP contribution in [0, 0.1) is 21.7 Å². The molecule has 13 heteroatoms. The molecule has 0 N–H and O–H groups in total. The first-order valence-corrected chi connectivity index (χ1v) is 11.8. The molecule has 4 aromatic rings. The third-order valence-corrected chi connectivity index (χ3v) is 6.34. The van der Waals surface area contributed by atoms with E-state index in [4.69, 9.17) is 18.9 Å². The number of ether oxygens (including phenoxy) is 4. The van der Waals surface area contributed by atoms with Crippen molar-refractivity contribution in [3.05, 3.63) is 86.0 Å². The summed E-state index contributed by atoms with van der Waals surface area (Å²) in [6.45, 7) is -0.0571. The van der Waals surface area contributed by atoms with Crippen LogP contribution in [-0.2, 0) is 0 Å². The van der Waals surface area contributed by atoms with Crippen molar-refractivity contribution in [1.29, 1.82) is 0 Å². The van der Waals surface area contributed by atoms with E-state index in [1.807, 2.05) is 0 Å². The number of hydrogen-bond acceptors (Lipinski definition) is 9. The Morgan fingerprint density at radius 1 is 1.08 bits per heavy atom. The van der Waals surface area contributed by atoms with E-state index in [1.54, 1.807) is 23.6 Å². The third-order valence-electron chi connectivity index (χ3n) is 5.52. The van der Waals surface area contributed by atoms with Crippen LogP contribution in [0.2, 0.25) is 0 Å². The Morgan fingerprint density at radius 3 is 2.58 bits per heavy atom. The average molecular weight is 541 g/mol. The SMILES string of the molecule is COc1ccc(OC)c(-c2csc(=Nc3ccc(F)cc3F)n2N=Cc2cc3c(cc2[N+](=O)[O-])OCO3)c1. The van der Waals surface area contributed by atoms with Gasteiger partial charge in [0.25, 0.3) is 5.69 Å². The summed E-state index contributed by atoms with van der Waals surface area (Å²) in [6, 6.07) is 10.9. The predicted octanol–water partition coefficient (Wildman–Crippen LogP) is 5.26. The van der Waals surface area contributed by atoms with Crippen molar-refractivity contribution in [2.45, 2.75) is 0 Å². The van der Waals surface area contributed by atoms with E-state index in [0.29, 0.717) is 28.5 Å². The molecule has 1 aliphatic heterocycles. The van der Waals surface area contributed by atoms with Crippen molar-refractivity contribution >= 4 is 28.9 Å². The lowest BCUT2D eigenvalue weighted by atomic mass is 10.1. The maximum absolute atomic E-state index is 14.4. The van der Waals surface area contributed by atoms with Gasteiger partial charge in [-0.3, -0.25) is 10.1 Å². The van der Waals surface area contributed by atoms with Crippen molar-refractivity contribution < 1.29 is 32.7 Å². The van der Waals surface area contributed by atoms with Gasteiger partial charge in [-0.1, -0.05) is 0 Å². The molecule has 0 saturated heterocycles. The molecule has 0 aliphatic carbocycles. The number of fused-ring (bicyclic) bond motifs is 1. The molecule has 0 bridgehead atoms. The average Bonchev–Trinajstić information content (AvgIpc) is 3.54. The molecule has 0 amide bonds. The Balaban J connectivity index is 1.71. The summed E-state index contributed by atoms with van der Waals surface area (Å²) in [7, 11) is 3.02. The van der Waals surface area contributed by atoms with Crippen molar-refractivity contribution in [2.75, 3.05) is 21.0 Å². The van der Waals surface area contributed by atoms with Gasteiger partial charge in [0.2, 0.25) is 11.6 Å². The monoisotopic (exact) mass is 540 g/mol. The highest BCUT2D eigenvalue weighted by Crippen LogP contribution is 2.38. The Hall–Kier alpha value is -4.78. The second kappa shape index (κ2) is 10.3. The highest BCUT2D eigenvalue weighted by Gasteiger charge is 2.23. The molecule has 0 atom stereocenters. The largest absolute Gasteiger partial charge is 0.497 e. The maximum atomic E-state index is 14.4. The zero-order valence-electron chi connectivity index (χ0n) is 19.9. The zero-order valence-corrected chi connectivity index (χ0v) is 20.7. The Morgan fingerprint density at radius 2 is 1.87 bits per heavy atom. The Bertz CT molecular complexity index is 1650. The summed E-state index contributed by atoms with van der Waals surface area (Å²) in [5, 5.41) is 17.9. The summed E-state index contributed by atoms with van der Waals surface area (Å²) < 4.78 is 50.7. The fraction of sp³-hybridized carbons (Fsp3) is 0.120. The van der Waals surface area contributed by atoms with E-state index in [2.05, 4.69) is 10.1 Å². The van der Waals surface area contributed by atoms with E-state index in [9.17, 15) is 18.9 Å². The highest BCUT2D eigenvalue weighted by molar-refractivity contribution is 7.07. The van der Waals surface area contributed by atoms with E-state index in [0.717, 1.165) is 23.5 Å². The lowest BCUT2D eigenvalue weighted by Gasteiger charge is -2.11. The van der Waals surface area contributed by atoms with Crippen molar-refractivity contribution in [3.8, 4) is 34.3 Å². The fourth-order valence-corrected chi connectivity index (χ4v) is 4.53. The fourth-order valence-electron chi connectivity index (χ4n) is 3.69.